The van der Waals surface area contributed by atoms with Gasteiger partial charge in [-0.3, -0.25) is 0 Å². The van der Waals surface area contributed by atoms with E-state index in [0.29, 0.717) is 56.3 Å². The van der Waals surface area contributed by atoms with Gasteiger partial charge in [-0.15, -0.1) is 0 Å². The van der Waals surface area contributed by atoms with Crippen LogP contribution in [0.15, 0.2) is 0 Å². The van der Waals surface area contributed by atoms with Crippen molar-refractivity contribution in [3.8, 4) is 0 Å². The summed E-state index contributed by atoms with van der Waals surface area (Å²) in [6.45, 7) is 2.23. The Hall–Kier alpha value is -0.230. The molecule has 0 unspecified atom stereocenters. The molecule has 8 nitrogen and oxygen atoms in total. The number of hydrogen-bond donors (Lipinski definition) is 0. The first-order chi connectivity index (χ1) is 23.4. The quantitative estimate of drug-likeness (QED) is 0.225. The summed E-state index contributed by atoms with van der Waals surface area (Å²) < 4.78 is 92.8. The van der Waals surface area contributed by atoms with E-state index in [2.05, 4.69) is 6.92 Å². The minimum absolute atomic E-state index is 0.0743. The molecule has 284 valence electrons. The maximum Gasteiger partial charge on any atom is 0.156 e. The van der Waals surface area contributed by atoms with Crippen LogP contribution in [0.4, 0.5) is 0 Å². The molecule has 6 saturated carbocycles. The summed E-state index contributed by atoms with van der Waals surface area (Å²) >= 11 is 0. The Bertz CT molecular complexity index is 1360. The summed E-state index contributed by atoms with van der Waals surface area (Å²) in [5.41, 5.74) is 0. The van der Waals surface area contributed by atoms with Crippen LogP contribution < -0.4 is 0 Å². The summed E-state index contributed by atoms with van der Waals surface area (Å²) in [5, 5.41) is -1.29. The molecule has 0 bridgehead atoms. The van der Waals surface area contributed by atoms with E-state index in [0.717, 1.165) is 116 Å². The van der Waals surface area contributed by atoms with Crippen molar-refractivity contribution < 1.29 is 34.7 Å². The first-order valence-electron chi connectivity index (χ1n) is 20.2. The lowest BCUT2D eigenvalue weighted by Gasteiger charge is -2.40. The zero-order chi connectivity index (χ0) is 34.8. The minimum atomic E-state index is -3.19. The van der Waals surface area contributed by atoms with Gasteiger partial charge in [0.2, 0.25) is 0 Å². The van der Waals surface area contributed by atoms with Crippen LogP contribution in [0, 0.1) is 17.8 Å². The summed E-state index contributed by atoms with van der Waals surface area (Å²) in [5.74, 6) is 1.73. The van der Waals surface area contributed by atoms with E-state index >= 15 is 0 Å². The lowest BCUT2D eigenvalue weighted by molar-refractivity contribution is -0.0442. The Balaban J connectivity index is 0.889. The van der Waals surface area contributed by atoms with Crippen molar-refractivity contribution in [1.29, 1.82) is 0 Å². The van der Waals surface area contributed by atoms with Gasteiger partial charge in [-0.05, 0) is 172 Å². The molecule has 6 rings (SSSR count). The predicted molar refractivity (Wildman–Crippen MR) is 196 cm³/mol. The minimum Gasteiger partial charge on any atom is -0.381 e. The molecule has 6 fully saturated rings. The second kappa shape index (κ2) is 16.4. The number of sulfone groups is 3. The molecule has 0 N–H and O–H groups in total. The topological polar surface area (TPSA) is 121 Å². The van der Waals surface area contributed by atoms with Crippen molar-refractivity contribution in [1.82, 2.24) is 0 Å². The van der Waals surface area contributed by atoms with Gasteiger partial charge in [0.05, 0.1) is 49.8 Å². The van der Waals surface area contributed by atoms with Crippen LogP contribution in [0.5, 0.6) is 0 Å². The maximum absolute atomic E-state index is 13.8. The van der Waals surface area contributed by atoms with Crippen LogP contribution in [-0.2, 0) is 39.0 Å². The van der Waals surface area contributed by atoms with Crippen molar-refractivity contribution >= 4 is 29.5 Å². The molecule has 0 spiro atoms. The Morgan fingerprint density at radius 1 is 0.347 bits per heavy atom. The van der Waals surface area contributed by atoms with Crippen molar-refractivity contribution in [2.24, 2.45) is 17.8 Å². The molecule has 0 saturated heterocycles. The molecule has 0 aromatic heterocycles. The zero-order valence-electron chi connectivity index (χ0n) is 30.4. The molecule has 49 heavy (non-hydrogen) atoms. The van der Waals surface area contributed by atoms with Crippen LogP contribution in [0.25, 0.3) is 0 Å². The first-order valence-corrected chi connectivity index (χ1v) is 25.1. The second-order valence-electron chi connectivity index (χ2n) is 17.3. The fourth-order valence-corrected chi connectivity index (χ4v) is 18.2. The molecule has 6 aliphatic carbocycles. The molecule has 0 aromatic rings. The van der Waals surface area contributed by atoms with Gasteiger partial charge in [0, 0.05) is 7.11 Å². The molecular formula is C38H66O8S3. The molecule has 0 heterocycles. The van der Waals surface area contributed by atoms with Crippen LogP contribution in [0.1, 0.15) is 161 Å². The highest BCUT2D eigenvalue weighted by molar-refractivity contribution is 7.93. The number of rotatable bonds is 10. The van der Waals surface area contributed by atoms with Crippen LogP contribution in [-0.4, -0.2) is 82.2 Å². The second-order valence-corrected chi connectivity index (χ2v) is 24.8. The predicted octanol–water partition coefficient (Wildman–Crippen LogP) is 7.52. The zero-order valence-corrected chi connectivity index (χ0v) is 32.8. The monoisotopic (exact) mass is 746 g/mol. The Morgan fingerprint density at radius 3 is 0.878 bits per heavy atom. The standard InChI is InChI=1S/C38H66O8S3/c1-27-3-15-33(16-4-27)47(39,40)34-17-5-28(6-18-34)29-7-19-35(20-8-29)48(41,42)37-23-11-31(12-24-37)46-32-13-25-38(26-14-32)49(43,44)36-21-9-30(45-2)10-22-36/h27-38H,3-26H2,1-2H3. The van der Waals surface area contributed by atoms with Crippen molar-refractivity contribution in [3.05, 3.63) is 0 Å². The fraction of sp³-hybridized carbons (Fsp3) is 1.00. The van der Waals surface area contributed by atoms with E-state index in [1.165, 1.54) is 0 Å². The molecule has 0 aromatic carbocycles. The SMILES string of the molecule is COC1CCC(S(=O)(=O)C2CCC(OC3CCC(S(=O)(=O)C4CCC(C5CCC(S(=O)(=O)C6CCC(C)CC6)CC5)CC4)CC3)CC2)CC1. The third-order valence-corrected chi connectivity index (χ3v) is 22.8. The molecule has 0 amide bonds. The molecule has 6 aliphatic rings. The normalized spacial score (nSPS) is 42.0. The molecule has 0 aliphatic heterocycles. The van der Waals surface area contributed by atoms with Gasteiger partial charge in [-0.1, -0.05) is 6.92 Å². The van der Waals surface area contributed by atoms with Crippen molar-refractivity contribution in [2.45, 2.75) is 211 Å². The van der Waals surface area contributed by atoms with Crippen molar-refractivity contribution in [2.75, 3.05) is 7.11 Å². The van der Waals surface area contributed by atoms with Gasteiger partial charge in [0.15, 0.2) is 29.5 Å². The third kappa shape index (κ3) is 8.95. The summed E-state index contributed by atoms with van der Waals surface area (Å²) in [6.07, 6.45) is 19.9. The van der Waals surface area contributed by atoms with E-state index in [9.17, 15) is 25.3 Å². The largest absolute Gasteiger partial charge is 0.381 e. The third-order valence-electron chi connectivity index (χ3n) is 14.4. The summed E-state index contributed by atoms with van der Waals surface area (Å²) in [6, 6.07) is 0. The average Bonchev–Trinajstić information content (AvgIpc) is 3.12. The van der Waals surface area contributed by atoms with Gasteiger partial charge >= 0.3 is 0 Å². The van der Waals surface area contributed by atoms with Crippen molar-refractivity contribution in [3.63, 3.8) is 0 Å². The van der Waals surface area contributed by atoms with Gasteiger partial charge in [0.1, 0.15) is 0 Å². The van der Waals surface area contributed by atoms with E-state index in [4.69, 9.17) is 9.47 Å². The van der Waals surface area contributed by atoms with E-state index in [1.807, 2.05) is 0 Å². The number of methoxy groups -OCH3 is 1. The lowest BCUT2D eigenvalue weighted by atomic mass is 9.73. The summed E-state index contributed by atoms with van der Waals surface area (Å²) in [7, 11) is -7.65. The van der Waals surface area contributed by atoms with E-state index in [-0.39, 0.29) is 49.8 Å². The summed E-state index contributed by atoms with van der Waals surface area (Å²) in [4.78, 5) is 0. The smallest absolute Gasteiger partial charge is 0.156 e. The fourth-order valence-electron chi connectivity index (χ4n) is 11.0. The number of hydrogen-bond acceptors (Lipinski definition) is 8. The Morgan fingerprint density at radius 2 is 0.592 bits per heavy atom. The van der Waals surface area contributed by atoms with Gasteiger partial charge in [0.25, 0.3) is 0 Å². The average molecular weight is 747 g/mol. The molecule has 11 heteroatoms. The van der Waals surface area contributed by atoms with Crippen LogP contribution >= 0.6 is 0 Å². The lowest BCUT2D eigenvalue weighted by Crippen LogP contribution is -2.41. The highest BCUT2D eigenvalue weighted by Crippen LogP contribution is 2.44. The van der Waals surface area contributed by atoms with E-state index < -0.39 is 29.5 Å². The van der Waals surface area contributed by atoms with Gasteiger partial charge in [-0.2, -0.15) is 0 Å². The van der Waals surface area contributed by atoms with Gasteiger partial charge in [-0.25, -0.2) is 25.3 Å². The highest BCUT2D eigenvalue weighted by atomic mass is 32.2. The Kier molecular flexibility index (Phi) is 12.9. The van der Waals surface area contributed by atoms with Gasteiger partial charge < -0.3 is 9.47 Å². The first kappa shape index (κ1) is 38.5. The van der Waals surface area contributed by atoms with E-state index in [1.54, 1.807) is 7.11 Å². The molecule has 0 atom stereocenters. The molecular weight excluding hydrogens is 681 g/mol. The number of ether oxygens (including phenoxy) is 2. The Labute approximate surface area is 298 Å². The maximum atomic E-state index is 13.8. The van der Waals surface area contributed by atoms with Crippen LogP contribution in [0.2, 0.25) is 0 Å². The molecule has 0 radical (unpaired) electrons. The van der Waals surface area contributed by atoms with Crippen LogP contribution in [0.3, 0.4) is 0 Å². The highest BCUT2D eigenvalue weighted by Gasteiger charge is 2.44.